The summed E-state index contributed by atoms with van der Waals surface area (Å²) >= 11 is 0. The minimum atomic E-state index is -0.611. The fourth-order valence-corrected chi connectivity index (χ4v) is 2.13. The lowest BCUT2D eigenvalue weighted by Gasteiger charge is -2.29. The molecule has 0 aromatic carbocycles. The third-order valence-electron chi connectivity index (χ3n) is 3.04. The summed E-state index contributed by atoms with van der Waals surface area (Å²) < 4.78 is 0. The molecule has 0 aromatic rings. The minimum Gasteiger partial charge on any atom is -0.481 e. The van der Waals surface area contributed by atoms with Gasteiger partial charge in [-0.2, -0.15) is 0 Å². The molecule has 1 atom stereocenters. The first-order chi connectivity index (χ1) is 6.04. The van der Waals surface area contributed by atoms with Gasteiger partial charge in [0.05, 0.1) is 5.41 Å². The second-order valence-electron chi connectivity index (χ2n) is 4.23. The van der Waals surface area contributed by atoms with Gasteiger partial charge in [-0.3, -0.25) is 4.79 Å². The Labute approximate surface area is 79.7 Å². The average molecular weight is 185 g/mol. The Kier molecular flexibility index (Phi) is 2.96. The van der Waals surface area contributed by atoms with E-state index < -0.39 is 11.4 Å². The summed E-state index contributed by atoms with van der Waals surface area (Å²) in [6.45, 7) is 2.11. The van der Waals surface area contributed by atoms with Crippen LogP contribution in [-0.2, 0) is 4.79 Å². The van der Waals surface area contributed by atoms with Crippen molar-refractivity contribution >= 4 is 5.97 Å². The van der Waals surface area contributed by atoms with E-state index in [4.69, 9.17) is 5.11 Å². The number of hydrogen-bond acceptors (Lipinski definition) is 2. The summed E-state index contributed by atoms with van der Waals surface area (Å²) in [5.41, 5.74) is -0.417. The molecule has 0 bridgehead atoms. The number of carbonyl (C=O) groups is 1. The molecule has 1 rings (SSSR count). The van der Waals surface area contributed by atoms with E-state index in [0.29, 0.717) is 0 Å². The molecular formula is C10H19NO2. The average Bonchev–Trinajstić information content (AvgIpc) is 2.79. The molecule has 3 heteroatoms. The van der Waals surface area contributed by atoms with Crippen LogP contribution in [0.25, 0.3) is 0 Å². The highest BCUT2D eigenvalue weighted by Crippen LogP contribution is 2.51. The monoisotopic (exact) mass is 185 g/mol. The Balaban J connectivity index is 2.69. The lowest BCUT2D eigenvalue weighted by molar-refractivity contribution is -0.146. The molecule has 1 aliphatic rings. The molecule has 1 saturated carbocycles. The first-order valence-electron chi connectivity index (χ1n) is 4.94. The molecule has 0 amide bonds. The molecule has 0 spiro atoms. The molecule has 0 heterocycles. The zero-order chi connectivity index (χ0) is 10.1. The van der Waals surface area contributed by atoms with Gasteiger partial charge >= 0.3 is 5.97 Å². The molecule has 1 fully saturated rings. The summed E-state index contributed by atoms with van der Waals surface area (Å²) in [5, 5.41) is 9.12. The van der Waals surface area contributed by atoms with E-state index in [0.717, 1.165) is 25.7 Å². The van der Waals surface area contributed by atoms with Crippen LogP contribution >= 0.6 is 0 Å². The first kappa shape index (κ1) is 10.5. The number of rotatable bonds is 5. The van der Waals surface area contributed by atoms with Crippen LogP contribution in [0.2, 0.25) is 0 Å². The van der Waals surface area contributed by atoms with Crippen LogP contribution in [0.1, 0.15) is 32.6 Å². The van der Waals surface area contributed by atoms with E-state index >= 15 is 0 Å². The molecule has 76 valence electrons. The molecule has 3 nitrogen and oxygen atoms in total. The van der Waals surface area contributed by atoms with Crippen LogP contribution in [0.3, 0.4) is 0 Å². The van der Waals surface area contributed by atoms with E-state index in [-0.39, 0.29) is 6.04 Å². The maximum Gasteiger partial charge on any atom is 0.311 e. The second kappa shape index (κ2) is 3.66. The summed E-state index contributed by atoms with van der Waals surface area (Å²) in [4.78, 5) is 13.1. The zero-order valence-corrected chi connectivity index (χ0v) is 8.71. The van der Waals surface area contributed by atoms with Gasteiger partial charge < -0.3 is 10.0 Å². The number of carboxylic acids is 1. The highest BCUT2D eigenvalue weighted by molar-refractivity contribution is 5.78. The van der Waals surface area contributed by atoms with Crippen LogP contribution < -0.4 is 0 Å². The summed E-state index contributed by atoms with van der Waals surface area (Å²) in [6.07, 6.45) is 3.74. The molecule has 0 radical (unpaired) electrons. The first-order valence-corrected chi connectivity index (χ1v) is 4.94. The van der Waals surface area contributed by atoms with Crippen molar-refractivity contribution in [3.63, 3.8) is 0 Å². The fraction of sp³-hybridized carbons (Fsp3) is 0.900. The third-order valence-corrected chi connectivity index (χ3v) is 3.04. The molecule has 1 unspecified atom stereocenters. The molecular weight excluding hydrogens is 166 g/mol. The van der Waals surface area contributed by atoms with Crippen LogP contribution in [0.4, 0.5) is 0 Å². The van der Waals surface area contributed by atoms with Gasteiger partial charge in [0.25, 0.3) is 0 Å². The molecule has 0 aromatic heterocycles. The predicted octanol–water partition coefficient (Wildman–Crippen LogP) is 1.58. The Bertz CT molecular complexity index is 197. The third kappa shape index (κ3) is 1.85. The predicted molar refractivity (Wildman–Crippen MR) is 51.7 cm³/mol. The second-order valence-corrected chi connectivity index (χ2v) is 4.23. The summed E-state index contributed by atoms with van der Waals surface area (Å²) in [5.74, 6) is -0.611. The van der Waals surface area contributed by atoms with Crippen molar-refractivity contribution < 1.29 is 9.90 Å². The van der Waals surface area contributed by atoms with Crippen molar-refractivity contribution in [2.75, 3.05) is 14.1 Å². The minimum absolute atomic E-state index is 0.218. The van der Waals surface area contributed by atoms with Gasteiger partial charge in [-0.25, -0.2) is 0 Å². The van der Waals surface area contributed by atoms with Crippen molar-refractivity contribution in [1.29, 1.82) is 0 Å². The quantitative estimate of drug-likeness (QED) is 0.707. The van der Waals surface area contributed by atoms with E-state index in [9.17, 15) is 4.79 Å². The lowest BCUT2D eigenvalue weighted by Crippen LogP contribution is -2.40. The molecule has 0 saturated heterocycles. The van der Waals surface area contributed by atoms with Crippen LogP contribution in [0, 0.1) is 5.41 Å². The SMILES string of the molecule is CCCC(N(C)C)C1(C(=O)O)CC1. The Morgan fingerprint density at radius 1 is 1.54 bits per heavy atom. The molecule has 1 N–H and O–H groups in total. The highest BCUT2D eigenvalue weighted by atomic mass is 16.4. The topological polar surface area (TPSA) is 40.5 Å². The Morgan fingerprint density at radius 2 is 2.08 bits per heavy atom. The fourth-order valence-electron chi connectivity index (χ4n) is 2.13. The summed E-state index contributed by atoms with van der Waals surface area (Å²) in [7, 11) is 3.95. The van der Waals surface area contributed by atoms with E-state index in [1.54, 1.807) is 0 Å². The van der Waals surface area contributed by atoms with Crippen LogP contribution in [0.5, 0.6) is 0 Å². The maximum atomic E-state index is 11.1. The van der Waals surface area contributed by atoms with Gasteiger partial charge in [0, 0.05) is 6.04 Å². The highest BCUT2D eigenvalue weighted by Gasteiger charge is 2.56. The summed E-state index contributed by atoms with van der Waals surface area (Å²) in [6, 6.07) is 0.218. The van der Waals surface area contributed by atoms with E-state index in [2.05, 4.69) is 11.8 Å². The number of nitrogens with zero attached hydrogens (tertiary/aromatic N) is 1. The number of aliphatic carboxylic acids is 1. The Hall–Kier alpha value is -0.570. The van der Waals surface area contributed by atoms with Crippen LogP contribution in [0.15, 0.2) is 0 Å². The van der Waals surface area contributed by atoms with E-state index in [1.165, 1.54) is 0 Å². The van der Waals surface area contributed by atoms with Crippen molar-refractivity contribution in [3.8, 4) is 0 Å². The van der Waals surface area contributed by atoms with Crippen molar-refractivity contribution in [3.05, 3.63) is 0 Å². The van der Waals surface area contributed by atoms with Gasteiger partial charge in [0.1, 0.15) is 0 Å². The zero-order valence-electron chi connectivity index (χ0n) is 8.71. The maximum absolute atomic E-state index is 11.1. The van der Waals surface area contributed by atoms with Gasteiger partial charge in [-0.15, -0.1) is 0 Å². The molecule has 0 aliphatic heterocycles. The lowest BCUT2D eigenvalue weighted by atomic mass is 9.92. The Morgan fingerprint density at radius 3 is 2.31 bits per heavy atom. The largest absolute Gasteiger partial charge is 0.481 e. The number of carboxylic acid groups (broad SMARTS) is 1. The van der Waals surface area contributed by atoms with Gasteiger partial charge in [0.15, 0.2) is 0 Å². The van der Waals surface area contributed by atoms with Crippen molar-refractivity contribution in [2.24, 2.45) is 5.41 Å². The van der Waals surface area contributed by atoms with E-state index in [1.807, 2.05) is 14.1 Å². The van der Waals surface area contributed by atoms with Gasteiger partial charge in [-0.05, 0) is 33.4 Å². The normalized spacial score (nSPS) is 21.5. The standard InChI is InChI=1S/C10H19NO2/c1-4-5-8(11(2)3)10(6-7-10)9(12)13/h8H,4-7H2,1-3H3,(H,12,13). The molecule has 1 aliphatic carbocycles. The number of hydrogen-bond donors (Lipinski definition) is 1. The van der Waals surface area contributed by atoms with Crippen LogP contribution in [-0.4, -0.2) is 36.1 Å². The van der Waals surface area contributed by atoms with Gasteiger partial charge in [0.2, 0.25) is 0 Å². The van der Waals surface area contributed by atoms with Gasteiger partial charge in [-0.1, -0.05) is 13.3 Å². The van der Waals surface area contributed by atoms with Crippen molar-refractivity contribution in [1.82, 2.24) is 4.90 Å². The molecule has 13 heavy (non-hydrogen) atoms. The smallest absolute Gasteiger partial charge is 0.311 e. The van der Waals surface area contributed by atoms with Crippen molar-refractivity contribution in [2.45, 2.75) is 38.6 Å².